The molecule has 0 amide bonds. The van der Waals surface area contributed by atoms with Gasteiger partial charge in [0.2, 0.25) is 11.8 Å². The highest BCUT2D eigenvalue weighted by Gasteiger charge is 2.14. The molecule has 0 bridgehead atoms. The van der Waals surface area contributed by atoms with Crippen LogP contribution >= 0.6 is 0 Å². The van der Waals surface area contributed by atoms with E-state index in [-0.39, 0.29) is 0 Å². The van der Waals surface area contributed by atoms with Crippen LogP contribution in [0, 0.1) is 0 Å². The van der Waals surface area contributed by atoms with Gasteiger partial charge in [-0.3, -0.25) is 0 Å². The van der Waals surface area contributed by atoms with Crippen LogP contribution in [-0.2, 0) is 0 Å². The Morgan fingerprint density at radius 3 is 1.89 bits per heavy atom. The molecule has 0 saturated carbocycles. The Morgan fingerprint density at radius 2 is 1.15 bits per heavy atom. The van der Waals surface area contributed by atoms with Gasteiger partial charge in [0.15, 0.2) is 0 Å². The average Bonchev–Trinajstić information content (AvgIpc) is 2.74. The first-order chi connectivity index (χ1) is 13.4. The van der Waals surface area contributed by atoms with Gasteiger partial charge in [0, 0.05) is 5.56 Å². The van der Waals surface area contributed by atoms with Crippen LogP contribution in [0.2, 0.25) is 0 Å². The minimum Gasteiger partial charge on any atom is -0.417 e. The van der Waals surface area contributed by atoms with Crippen molar-refractivity contribution < 1.29 is 4.74 Å². The maximum Gasteiger partial charge on any atom is 0.248 e. The van der Waals surface area contributed by atoms with Crippen molar-refractivity contribution in [3.05, 3.63) is 85.1 Å². The molecule has 0 unspecified atom stereocenters. The summed E-state index contributed by atoms with van der Waals surface area (Å²) >= 11 is 0. The van der Waals surface area contributed by atoms with Crippen LogP contribution in [0.5, 0.6) is 11.8 Å². The highest BCUT2D eigenvalue weighted by molar-refractivity contribution is 5.80. The minimum absolute atomic E-state index is 0.385. The van der Waals surface area contributed by atoms with Crippen molar-refractivity contribution >= 4 is 22.1 Å². The Bertz CT molecular complexity index is 1260. The van der Waals surface area contributed by atoms with Crippen LogP contribution in [0.15, 0.2) is 85.1 Å². The van der Waals surface area contributed by atoms with Crippen molar-refractivity contribution in [2.24, 2.45) is 0 Å². The van der Waals surface area contributed by atoms with Gasteiger partial charge in [0.1, 0.15) is 5.69 Å². The number of rotatable bonds is 3. The number of nitrogens with zero attached hydrogens (tertiary/aromatic N) is 4. The quantitative estimate of drug-likeness (QED) is 0.456. The van der Waals surface area contributed by atoms with Crippen LogP contribution in [0.3, 0.4) is 0 Å². The first-order valence-electron chi connectivity index (χ1n) is 8.59. The molecule has 0 atom stereocenters. The highest BCUT2D eigenvalue weighted by atomic mass is 16.5. The zero-order chi connectivity index (χ0) is 18.1. The molecule has 0 fully saturated rings. The Kier molecular flexibility index (Phi) is 3.68. The van der Waals surface area contributed by atoms with E-state index in [1.54, 1.807) is 6.20 Å². The lowest BCUT2D eigenvalue weighted by atomic mass is 10.1. The lowest BCUT2D eigenvalue weighted by molar-refractivity contribution is 0.446. The molecule has 128 valence electrons. The van der Waals surface area contributed by atoms with Gasteiger partial charge in [-0.05, 0) is 24.3 Å². The third-order valence-corrected chi connectivity index (χ3v) is 4.21. The summed E-state index contributed by atoms with van der Waals surface area (Å²) in [6.45, 7) is 0. The largest absolute Gasteiger partial charge is 0.417 e. The van der Waals surface area contributed by atoms with Gasteiger partial charge in [-0.2, -0.15) is 0 Å². The second-order valence-corrected chi connectivity index (χ2v) is 6.03. The summed E-state index contributed by atoms with van der Waals surface area (Å²) in [6, 6.07) is 25.3. The summed E-state index contributed by atoms with van der Waals surface area (Å²) in [6.07, 6.45) is 1.61. The van der Waals surface area contributed by atoms with Gasteiger partial charge in [-0.1, -0.05) is 54.6 Å². The molecule has 0 aliphatic heterocycles. The molecule has 5 heteroatoms. The van der Waals surface area contributed by atoms with Crippen molar-refractivity contribution in [3.63, 3.8) is 0 Å². The summed E-state index contributed by atoms with van der Waals surface area (Å²) in [5, 5.41) is 0. The van der Waals surface area contributed by atoms with E-state index in [1.807, 2.05) is 78.9 Å². The molecule has 0 aliphatic carbocycles. The van der Waals surface area contributed by atoms with E-state index in [4.69, 9.17) is 9.72 Å². The van der Waals surface area contributed by atoms with E-state index >= 15 is 0 Å². The predicted octanol–water partition coefficient (Wildman–Crippen LogP) is 5.03. The number of fused-ring (bicyclic) bond motifs is 2. The van der Waals surface area contributed by atoms with Crippen LogP contribution in [0.1, 0.15) is 0 Å². The van der Waals surface area contributed by atoms with E-state index in [0.717, 1.165) is 27.6 Å². The van der Waals surface area contributed by atoms with E-state index in [1.165, 1.54) is 0 Å². The topological polar surface area (TPSA) is 60.8 Å². The number of benzene rings is 3. The lowest BCUT2D eigenvalue weighted by Gasteiger charge is -2.10. The monoisotopic (exact) mass is 350 g/mol. The lowest BCUT2D eigenvalue weighted by Crippen LogP contribution is -1.98. The van der Waals surface area contributed by atoms with Crippen LogP contribution in [-0.4, -0.2) is 19.9 Å². The van der Waals surface area contributed by atoms with Crippen molar-refractivity contribution in [1.29, 1.82) is 0 Å². The van der Waals surface area contributed by atoms with Gasteiger partial charge >= 0.3 is 0 Å². The SMILES string of the molecule is c1ccc(-c2nc3ccccc3nc2Oc2cnc3ccccc3n2)cc1. The number of ether oxygens (including phenoxy) is 1. The predicted molar refractivity (Wildman–Crippen MR) is 105 cm³/mol. The summed E-state index contributed by atoms with van der Waals surface area (Å²) in [5.41, 5.74) is 4.76. The van der Waals surface area contributed by atoms with Gasteiger partial charge < -0.3 is 4.74 Å². The zero-order valence-electron chi connectivity index (χ0n) is 14.3. The smallest absolute Gasteiger partial charge is 0.248 e. The molecule has 27 heavy (non-hydrogen) atoms. The summed E-state index contributed by atoms with van der Waals surface area (Å²) in [4.78, 5) is 18.4. The zero-order valence-corrected chi connectivity index (χ0v) is 14.3. The van der Waals surface area contributed by atoms with Gasteiger partial charge in [0.05, 0.1) is 28.3 Å². The third-order valence-electron chi connectivity index (χ3n) is 4.21. The standard InChI is InChI=1S/C22H14N4O/c1-2-8-15(9-3-1)21-22(26-19-13-7-6-12-18(19)25-21)27-20-14-23-16-10-4-5-11-17(16)24-20/h1-14H. The second kappa shape index (κ2) is 6.46. The van der Waals surface area contributed by atoms with E-state index in [0.29, 0.717) is 17.5 Å². The fraction of sp³-hybridized carbons (Fsp3) is 0. The number of para-hydroxylation sites is 4. The molecule has 2 aromatic heterocycles. The molecule has 5 nitrogen and oxygen atoms in total. The minimum atomic E-state index is 0.385. The summed E-state index contributed by atoms with van der Waals surface area (Å²) in [5.74, 6) is 0.792. The fourth-order valence-corrected chi connectivity index (χ4v) is 2.93. The molecule has 0 radical (unpaired) electrons. The maximum atomic E-state index is 6.03. The number of aromatic nitrogens is 4. The van der Waals surface area contributed by atoms with Crippen molar-refractivity contribution in [2.75, 3.05) is 0 Å². The Morgan fingerprint density at radius 1 is 0.556 bits per heavy atom. The van der Waals surface area contributed by atoms with Crippen LogP contribution in [0.4, 0.5) is 0 Å². The second-order valence-electron chi connectivity index (χ2n) is 6.03. The van der Waals surface area contributed by atoms with Crippen molar-refractivity contribution in [3.8, 4) is 23.0 Å². The molecule has 0 aliphatic rings. The molecular weight excluding hydrogens is 336 g/mol. The third kappa shape index (κ3) is 2.95. The van der Waals surface area contributed by atoms with Gasteiger partial charge in [-0.15, -0.1) is 0 Å². The Labute approximate surface area is 155 Å². The summed E-state index contributed by atoms with van der Waals surface area (Å²) in [7, 11) is 0. The van der Waals surface area contributed by atoms with Crippen LogP contribution in [0.25, 0.3) is 33.3 Å². The Balaban J connectivity index is 1.66. The fourth-order valence-electron chi connectivity index (χ4n) is 2.93. The molecule has 5 aromatic rings. The first-order valence-corrected chi connectivity index (χ1v) is 8.59. The van der Waals surface area contributed by atoms with E-state index < -0.39 is 0 Å². The first kappa shape index (κ1) is 15.4. The highest BCUT2D eigenvalue weighted by Crippen LogP contribution is 2.31. The van der Waals surface area contributed by atoms with Gasteiger partial charge in [-0.25, -0.2) is 19.9 Å². The molecule has 0 spiro atoms. The molecule has 0 N–H and O–H groups in total. The number of hydrogen-bond donors (Lipinski definition) is 0. The van der Waals surface area contributed by atoms with E-state index in [2.05, 4.69) is 15.0 Å². The van der Waals surface area contributed by atoms with Gasteiger partial charge in [0.25, 0.3) is 0 Å². The molecule has 0 saturated heterocycles. The molecular formula is C22H14N4O. The normalized spacial score (nSPS) is 11.0. The molecule has 3 aromatic carbocycles. The maximum absolute atomic E-state index is 6.03. The molecule has 5 rings (SSSR count). The molecule has 2 heterocycles. The average molecular weight is 350 g/mol. The van der Waals surface area contributed by atoms with Crippen molar-refractivity contribution in [2.45, 2.75) is 0 Å². The van der Waals surface area contributed by atoms with E-state index in [9.17, 15) is 0 Å². The van der Waals surface area contributed by atoms with Crippen LogP contribution < -0.4 is 4.74 Å². The number of hydrogen-bond acceptors (Lipinski definition) is 5. The Hall–Kier alpha value is -3.86. The van der Waals surface area contributed by atoms with Crippen molar-refractivity contribution in [1.82, 2.24) is 19.9 Å². The summed E-state index contributed by atoms with van der Waals surface area (Å²) < 4.78 is 6.03.